The molecule has 0 fully saturated rings. The lowest BCUT2D eigenvalue weighted by Gasteiger charge is -2.08. The zero-order valence-corrected chi connectivity index (χ0v) is 12.3. The van der Waals surface area contributed by atoms with Gasteiger partial charge in [0.2, 0.25) is 15.9 Å². The van der Waals surface area contributed by atoms with Gasteiger partial charge in [0.15, 0.2) is 0 Å². The van der Waals surface area contributed by atoms with Crippen LogP contribution < -0.4 is 20.1 Å². The molecule has 0 spiro atoms. The van der Waals surface area contributed by atoms with Gasteiger partial charge in [0, 0.05) is 24.8 Å². The molecule has 1 rings (SSSR count). The Hall–Kier alpha value is -1.64. The van der Waals surface area contributed by atoms with Crippen molar-refractivity contribution in [2.24, 2.45) is 0 Å². The molecule has 0 radical (unpaired) electrons. The molecule has 0 saturated heterocycles. The van der Waals surface area contributed by atoms with Gasteiger partial charge in [-0.1, -0.05) is 6.07 Å². The van der Waals surface area contributed by atoms with Gasteiger partial charge >= 0.3 is 0 Å². The monoisotopic (exact) mass is 301 g/mol. The molecule has 0 saturated carbocycles. The fourth-order valence-electron chi connectivity index (χ4n) is 1.43. The van der Waals surface area contributed by atoms with Crippen molar-refractivity contribution in [3.8, 4) is 5.75 Å². The number of ether oxygens (including phenoxy) is 1. The largest absolute Gasteiger partial charge is 0.497 e. The van der Waals surface area contributed by atoms with Crippen LogP contribution in [0, 0.1) is 0 Å². The van der Waals surface area contributed by atoms with Gasteiger partial charge in [-0.2, -0.15) is 0 Å². The maximum Gasteiger partial charge on any atom is 0.238 e. The summed E-state index contributed by atoms with van der Waals surface area (Å²) in [5.74, 6) is 0.450. The quantitative estimate of drug-likeness (QED) is 0.577. The summed E-state index contributed by atoms with van der Waals surface area (Å²) in [6, 6.07) is 7.03. The SMILES string of the molecule is COc1cccc(NC(=O)CNCCNS(C)(=O)=O)c1. The molecule has 0 heterocycles. The third-order valence-electron chi connectivity index (χ3n) is 2.31. The van der Waals surface area contributed by atoms with Crippen LogP contribution in [0.4, 0.5) is 5.69 Å². The van der Waals surface area contributed by atoms with Crippen molar-refractivity contribution in [3.63, 3.8) is 0 Å². The lowest BCUT2D eigenvalue weighted by atomic mass is 10.3. The Morgan fingerprint density at radius 1 is 1.30 bits per heavy atom. The van der Waals surface area contributed by atoms with Crippen molar-refractivity contribution in [3.05, 3.63) is 24.3 Å². The van der Waals surface area contributed by atoms with Gasteiger partial charge in [0.25, 0.3) is 0 Å². The standard InChI is InChI=1S/C12H19N3O4S/c1-19-11-5-3-4-10(8-11)15-12(16)9-13-6-7-14-20(2,17)18/h3-5,8,13-14H,6-7,9H2,1-2H3,(H,15,16). The van der Waals surface area contributed by atoms with E-state index in [-0.39, 0.29) is 19.0 Å². The van der Waals surface area contributed by atoms with Crippen molar-refractivity contribution < 1.29 is 17.9 Å². The maximum absolute atomic E-state index is 11.6. The van der Waals surface area contributed by atoms with Crippen LogP contribution in [-0.2, 0) is 14.8 Å². The minimum Gasteiger partial charge on any atom is -0.497 e. The zero-order chi connectivity index (χ0) is 15.0. The number of carbonyl (C=O) groups excluding carboxylic acids is 1. The first-order valence-corrected chi connectivity index (χ1v) is 7.89. The Morgan fingerprint density at radius 2 is 2.05 bits per heavy atom. The van der Waals surface area contributed by atoms with Crippen LogP contribution in [0.3, 0.4) is 0 Å². The topological polar surface area (TPSA) is 96.5 Å². The number of methoxy groups -OCH3 is 1. The third kappa shape index (κ3) is 7.07. The van der Waals surface area contributed by atoms with Crippen molar-refractivity contribution in [2.45, 2.75) is 0 Å². The van der Waals surface area contributed by atoms with Crippen LogP contribution in [0.2, 0.25) is 0 Å². The van der Waals surface area contributed by atoms with Crippen LogP contribution in [-0.4, -0.2) is 47.3 Å². The number of amides is 1. The molecule has 20 heavy (non-hydrogen) atoms. The smallest absolute Gasteiger partial charge is 0.238 e. The maximum atomic E-state index is 11.6. The number of nitrogens with one attached hydrogen (secondary N) is 3. The summed E-state index contributed by atoms with van der Waals surface area (Å²) in [6.45, 7) is 0.715. The normalized spacial score (nSPS) is 11.1. The second kappa shape index (κ2) is 7.83. The molecule has 3 N–H and O–H groups in total. The van der Waals surface area contributed by atoms with E-state index in [9.17, 15) is 13.2 Å². The summed E-state index contributed by atoms with van der Waals surface area (Å²) in [6.07, 6.45) is 1.09. The molecule has 112 valence electrons. The van der Waals surface area contributed by atoms with E-state index >= 15 is 0 Å². The summed E-state index contributed by atoms with van der Waals surface area (Å²) >= 11 is 0. The first kappa shape index (κ1) is 16.4. The molecule has 0 aliphatic heterocycles. The molecule has 0 aromatic heterocycles. The molecule has 1 aromatic rings. The fraction of sp³-hybridized carbons (Fsp3) is 0.417. The zero-order valence-electron chi connectivity index (χ0n) is 11.5. The van der Waals surface area contributed by atoms with E-state index in [1.54, 1.807) is 31.4 Å². The number of hydrogen-bond acceptors (Lipinski definition) is 5. The lowest BCUT2D eigenvalue weighted by Crippen LogP contribution is -2.35. The van der Waals surface area contributed by atoms with E-state index in [4.69, 9.17) is 4.74 Å². The van der Waals surface area contributed by atoms with Gasteiger partial charge in [-0.3, -0.25) is 4.79 Å². The number of carbonyl (C=O) groups is 1. The van der Waals surface area contributed by atoms with Crippen LogP contribution in [0.25, 0.3) is 0 Å². The predicted octanol–water partition coefficient (Wildman–Crippen LogP) is -0.227. The van der Waals surface area contributed by atoms with Crippen molar-refractivity contribution in [1.29, 1.82) is 0 Å². The highest BCUT2D eigenvalue weighted by molar-refractivity contribution is 7.88. The highest BCUT2D eigenvalue weighted by Crippen LogP contribution is 2.16. The van der Waals surface area contributed by atoms with Gasteiger partial charge in [0.1, 0.15) is 5.75 Å². The number of benzene rings is 1. The molecule has 0 aliphatic carbocycles. The molecule has 0 unspecified atom stereocenters. The van der Waals surface area contributed by atoms with Crippen LogP contribution in [0.15, 0.2) is 24.3 Å². The van der Waals surface area contributed by atoms with Crippen molar-refractivity contribution >= 4 is 21.6 Å². The van der Waals surface area contributed by atoms with Crippen molar-refractivity contribution in [2.75, 3.05) is 38.3 Å². The van der Waals surface area contributed by atoms with E-state index in [2.05, 4.69) is 15.4 Å². The minimum absolute atomic E-state index is 0.0999. The second-order valence-electron chi connectivity index (χ2n) is 4.12. The summed E-state index contributed by atoms with van der Waals surface area (Å²) < 4.78 is 29.0. The molecule has 1 aromatic carbocycles. The third-order valence-corrected chi connectivity index (χ3v) is 3.03. The summed E-state index contributed by atoms with van der Waals surface area (Å²) in [7, 11) is -1.63. The van der Waals surface area contributed by atoms with E-state index < -0.39 is 10.0 Å². The van der Waals surface area contributed by atoms with E-state index in [1.807, 2.05) is 0 Å². The molecule has 0 aliphatic rings. The molecular formula is C12H19N3O4S. The van der Waals surface area contributed by atoms with Crippen LogP contribution in [0.5, 0.6) is 5.75 Å². The molecular weight excluding hydrogens is 282 g/mol. The van der Waals surface area contributed by atoms with Gasteiger partial charge < -0.3 is 15.4 Å². The molecule has 8 heteroatoms. The Balaban J connectivity index is 2.26. The minimum atomic E-state index is -3.19. The highest BCUT2D eigenvalue weighted by Gasteiger charge is 2.03. The van der Waals surface area contributed by atoms with E-state index in [0.29, 0.717) is 18.0 Å². The van der Waals surface area contributed by atoms with Gasteiger partial charge in [-0.05, 0) is 12.1 Å². The number of rotatable bonds is 8. The van der Waals surface area contributed by atoms with E-state index in [1.165, 1.54) is 0 Å². The summed E-state index contributed by atoms with van der Waals surface area (Å²) in [5.41, 5.74) is 0.644. The highest BCUT2D eigenvalue weighted by atomic mass is 32.2. The lowest BCUT2D eigenvalue weighted by molar-refractivity contribution is -0.115. The van der Waals surface area contributed by atoms with Crippen molar-refractivity contribution in [1.82, 2.24) is 10.0 Å². The Bertz CT molecular complexity index is 545. The van der Waals surface area contributed by atoms with E-state index in [0.717, 1.165) is 6.26 Å². The predicted molar refractivity (Wildman–Crippen MR) is 77.3 cm³/mol. The molecule has 7 nitrogen and oxygen atoms in total. The average Bonchev–Trinajstić information content (AvgIpc) is 2.37. The van der Waals surface area contributed by atoms with Crippen LogP contribution in [0.1, 0.15) is 0 Å². The Morgan fingerprint density at radius 3 is 2.70 bits per heavy atom. The average molecular weight is 301 g/mol. The van der Waals surface area contributed by atoms with Gasteiger partial charge in [0.05, 0.1) is 19.9 Å². The second-order valence-corrected chi connectivity index (χ2v) is 5.96. The first-order chi connectivity index (χ1) is 9.40. The number of sulfonamides is 1. The van der Waals surface area contributed by atoms with Crippen LogP contribution >= 0.6 is 0 Å². The molecule has 0 bridgehead atoms. The molecule has 1 amide bonds. The summed E-state index contributed by atoms with van der Waals surface area (Å²) in [5, 5.41) is 5.54. The summed E-state index contributed by atoms with van der Waals surface area (Å²) in [4.78, 5) is 11.6. The fourth-order valence-corrected chi connectivity index (χ4v) is 1.91. The molecule has 0 atom stereocenters. The van der Waals surface area contributed by atoms with Gasteiger partial charge in [-0.25, -0.2) is 13.1 Å². The number of anilines is 1. The number of hydrogen-bond donors (Lipinski definition) is 3. The first-order valence-electron chi connectivity index (χ1n) is 6.00. The Labute approximate surface area is 118 Å². The Kier molecular flexibility index (Phi) is 6.43. The van der Waals surface area contributed by atoms with Gasteiger partial charge in [-0.15, -0.1) is 0 Å².